The van der Waals surface area contributed by atoms with E-state index in [1.165, 1.54) is 22.0 Å². The van der Waals surface area contributed by atoms with Gasteiger partial charge >= 0.3 is 5.97 Å². The molecule has 0 N–H and O–H groups in total. The zero-order valence-corrected chi connectivity index (χ0v) is 19.6. The monoisotopic (exact) mass is 465 g/mol. The fraction of sp³-hybridized carbons (Fsp3) is 0.240. The molecule has 170 valence electrons. The number of aromatic nitrogens is 1. The van der Waals surface area contributed by atoms with Crippen LogP contribution in [0, 0.1) is 5.82 Å². The van der Waals surface area contributed by atoms with Crippen molar-refractivity contribution in [1.82, 2.24) is 4.57 Å². The topological polar surface area (TPSA) is 63.9 Å². The van der Waals surface area contributed by atoms with Gasteiger partial charge in [-0.1, -0.05) is 41.7 Å². The van der Waals surface area contributed by atoms with E-state index in [0.29, 0.717) is 15.0 Å². The molecule has 0 saturated heterocycles. The van der Waals surface area contributed by atoms with Gasteiger partial charge in [-0.3, -0.25) is 9.36 Å². The number of carbonyl (C=O) groups excluding carboxylic acids is 1. The molecule has 0 unspecified atom stereocenters. The molecule has 33 heavy (non-hydrogen) atoms. The first-order chi connectivity index (χ1) is 15.8. The summed E-state index contributed by atoms with van der Waals surface area (Å²) in [6.07, 6.45) is 1.78. The molecule has 0 aliphatic carbocycles. The average molecular weight is 466 g/mol. The number of nitrogens with zero attached hydrogens (tertiary/aromatic N) is 3. The molecule has 1 aromatic heterocycles. The van der Waals surface area contributed by atoms with Crippen molar-refractivity contribution in [3.63, 3.8) is 0 Å². The Morgan fingerprint density at radius 3 is 2.55 bits per heavy atom. The summed E-state index contributed by atoms with van der Waals surface area (Å²) in [5.74, 6) is -1.12. The number of halogens is 1. The zero-order chi connectivity index (χ0) is 23.7. The van der Waals surface area contributed by atoms with Crippen molar-refractivity contribution in [3.05, 3.63) is 96.4 Å². The molecule has 0 radical (unpaired) electrons. The summed E-state index contributed by atoms with van der Waals surface area (Å²) >= 11 is 1.21. The van der Waals surface area contributed by atoms with E-state index in [4.69, 9.17) is 4.74 Å². The summed E-state index contributed by atoms with van der Waals surface area (Å²) in [6, 6.07) is 13.0. The van der Waals surface area contributed by atoms with E-state index in [1.807, 2.05) is 43.3 Å². The molecular weight excluding hydrogens is 441 g/mol. The third kappa shape index (κ3) is 4.26. The molecule has 8 heteroatoms. The standard InChI is InChI=1S/C25H24FN3O3S/c1-5-32-24(31)21-15(2)27-25-29(22(21)18-8-6-7-9-19(18)26)23(30)20(33-25)14-16-10-12-17(13-11-16)28(3)4/h6-14,22H,5H2,1-4H3/b20-14+/t22-/m1/s1. The van der Waals surface area contributed by atoms with Gasteiger partial charge < -0.3 is 9.64 Å². The first-order valence-electron chi connectivity index (χ1n) is 10.5. The average Bonchev–Trinajstić information content (AvgIpc) is 3.08. The van der Waals surface area contributed by atoms with Crippen LogP contribution in [0.15, 0.2) is 69.6 Å². The quantitative estimate of drug-likeness (QED) is 0.544. The lowest BCUT2D eigenvalue weighted by Crippen LogP contribution is -2.40. The van der Waals surface area contributed by atoms with E-state index in [-0.39, 0.29) is 23.3 Å². The Hall–Kier alpha value is -3.52. The number of ether oxygens (including phenoxy) is 1. The highest BCUT2D eigenvalue weighted by molar-refractivity contribution is 7.07. The SMILES string of the molecule is CCOC(=O)C1=C(C)N=c2s/c(=C/c3ccc(N(C)C)cc3)c(=O)n2[C@@H]1c1ccccc1F. The second-order valence-corrected chi connectivity index (χ2v) is 8.82. The van der Waals surface area contributed by atoms with Crippen LogP contribution in [0.1, 0.15) is 31.0 Å². The number of esters is 1. The second kappa shape index (κ2) is 9.15. The molecule has 2 heterocycles. The highest BCUT2D eigenvalue weighted by Gasteiger charge is 2.34. The smallest absolute Gasteiger partial charge is 0.338 e. The van der Waals surface area contributed by atoms with Gasteiger partial charge in [0.05, 0.1) is 22.4 Å². The summed E-state index contributed by atoms with van der Waals surface area (Å²) < 4.78 is 21.9. The fourth-order valence-corrected chi connectivity index (χ4v) is 4.85. The number of rotatable bonds is 5. The van der Waals surface area contributed by atoms with Crippen LogP contribution in [-0.2, 0) is 9.53 Å². The first kappa shape index (κ1) is 22.7. The minimum absolute atomic E-state index is 0.160. The number of carbonyl (C=O) groups is 1. The highest BCUT2D eigenvalue weighted by atomic mass is 32.1. The van der Waals surface area contributed by atoms with Gasteiger partial charge in [0.1, 0.15) is 11.9 Å². The lowest BCUT2D eigenvalue weighted by Gasteiger charge is -2.24. The molecule has 4 rings (SSSR count). The van der Waals surface area contributed by atoms with Crippen molar-refractivity contribution >= 4 is 29.1 Å². The van der Waals surface area contributed by atoms with Crippen LogP contribution in [-0.4, -0.2) is 31.2 Å². The van der Waals surface area contributed by atoms with Gasteiger partial charge in [-0.2, -0.15) is 0 Å². The van der Waals surface area contributed by atoms with Gasteiger partial charge in [-0.25, -0.2) is 14.2 Å². The van der Waals surface area contributed by atoms with Crippen LogP contribution in [0.3, 0.4) is 0 Å². The van der Waals surface area contributed by atoms with E-state index in [9.17, 15) is 14.0 Å². The maximum atomic E-state index is 14.9. The molecule has 0 saturated carbocycles. The summed E-state index contributed by atoms with van der Waals surface area (Å²) in [5.41, 5.74) is 2.36. The normalized spacial score (nSPS) is 15.8. The van der Waals surface area contributed by atoms with Gasteiger partial charge in [0.2, 0.25) is 0 Å². The predicted molar refractivity (Wildman–Crippen MR) is 128 cm³/mol. The molecular formula is C25H24FN3O3S. The molecule has 2 aromatic carbocycles. The maximum Gasteiger partial charge on any atom is 0.338 e. The second-order valence-electron chi connectivity index (χ2n) is 7.81. The lowest BCUT2D eigenvalue weighted by molar-refractivity contribution is -0.139. The number of anilines is 1. The Balaban J connectivity index is 1.92. The number of hydrogen-bond donors (Lipinski definition) is 0. The summed E-state index contributed by atoms with van der Waals surface area (Å²) in [4.78, 5) is 33.2. The molecule has 0 amide bonds. The van der Waals surface area contributed by atoms with E-state index in [1.54, 1.807) is 38.1 Å². The molecule has 6 nitrogen and oxygen atoms in total. The number of thiazole rings is 1. The minimum atomic E-state index is -0.959. The summed E-state index contributed by atoms with van der Waals surface area (Å²) in [5, 5.41) is 0. The number of allylic oxidation sites excluding steroid dienone is 1. The Labute approximate surface area is 194 Å². The number of fused-ring (bicyclic) bond motifs is 1. The minimum Gasteiger partial charge on any atom is -0.463 e. The number of benzene rings is 2. The van der Waals surface area contributed by atoms with Crippen LogP contribution in [0.5, 0.6) is 0 Å². The van der Waals surface area contributed by atoms with Gasteiger partial charge in [0.25, 0.3) is 5.56 Å². The van der Waals surface area contributed by atoms with Crippen LogP contribution >= 0.6 is 11.3 Å². The maximum absolute atomic E-state index is 14.9. The zero-order valence-electron chi connectivity index (χ0n) is 18.8. The molecule has 1 aliphatic heterocycles. The third-order valence-corrected chi connectivity index (χ3v) is 6.41. The lowest BCUT2D eigenvalue weighted by atomic mass is 9.95. The van der Waals surface area contributed by atoms with Gasteiger partial charge in [0, 0.05) is 25.3 Å². The molecule has 1 atom stereocenters. The highest BCUT2D eigenvalue weighted by Crippen LogP contribution is 2.32. The Kier molecular flexibility index (Phi) is 6.29. The van der Waals surface area contributed by atoms with Gasteiger partial charge in [-0.15, -0.1) is 0 Å². The molecule has 1 aliphatic rings. The van der Waals surface area contributed by atoms with Gasteiger partial charge in [-0.05, 0) is 43.7 Å². The Morgan fingerprint density at radius 2 is 1.91 bits per heavy atom. The largest absolute Gasteiger partial charge is 0.463 e. The van der Waals surface area contributed by atoms with Crippen molar-refractivity contribution in [3.8, 4) is 0 Å². The van der Waals surface area contributed by atoms with Crippen molar-refractivity contribution in [2.75, 3.05) is 25.6 Å². The molecule has 0 fully saturated rings. The molecule has 0 spiro atoms. The molecule has 3 aromatic rings. The van der Waals surface area contributed by atoms with Crippen molar-refractivity contribution < 1.29 is 13.9 Å². The van der Waals surface area contributed by atoms with Crippen LogP contribution in [0.4, 0.5) is 10.1 Å². The first-order valence-corrected chi connectivity index (χ1v) is 11.3. The van der Waals surface area contributed by atoms with Crippen molar-refractivity contribution in [2.24, 2.45) is 4.99 Å². The van der Waals surface area contributed by atoms with E-state index >= 15 is 0 Å². The van der Waals surface area contributed by atoms with Crippen molar-refractivity contribution in [1.29, 1.82) is 0 Å². The predicted octanol–water partition coefficient (Wildman–Crippen LogP) is 3.00. The van der Waals surface area contributed by atoms with Crippen LogP contribution in [0.2, 0.25) is 0 Å². The van der Waals surface area contributed by atoms with Crippen LogP contribution in [0.25, 0.3) is 6.08 Å². The Bertz CT molecular complexity index is 1420. The third-order valence-electron chi connectivity index (χ3n) is 5.42. The number of hydrogen-bond acceptors (Lipinski definition) is 6. The van der Waals surface area contributed by atoms with E-state index in [2.05, 4.69) is 4.99 Å². The van der Waals surface area contributed by atoms with Gasteiger partial charge in [0.15, 0.2) is 4.80 Å². The van der Waals surface area contributed by atoms with Crippen LogP contribution < -0.4 is 19.8 Å². The Morgan fingerprint density at radius 1 is 1.21 bits per heavy atom. The van der Waals surface area contributed by atoms with E-state index in [0.717, 1.165) is 11.3 Å². The fourth-order valence-electron chi connectivity index (χ4n) is 3.80. The summed E-state index contributed by atoms with van der Waals surface area (Å²) in [6.45, 7) is 3.53. The summed E-state index contributed by atoms with van der Waals surface area (Å²) in [7, 11) is 3.92. The molecule has 0 bridgehead atoms. The van der Waals surface area contributed by atoms with Crippen molar-refractivity contribution in [2.45, 2.75) is 19.9 Å². The van der Waals surface area contributed by atoms with E-state index < -0.39 is 17.8 Å².